The van der Waals surface area contributed by atoms with Crippen LogP contribution in [0.3, 0.4) is 0 Å². The smallest absolute Gasteiger partial charge is 0.251 e. The van der Waals surface area contributed by atoms with E-state index in [-0.39, 0.29) is 11.8 Å². The van der Waals surface area contributed by atoms with E-state index in [1.807, 2.05) is 41.1 Å². The zero-order valence-corrected chi connectivity index (χ0v) is 15.0. The molecule has 0 fully saturated rings. The fraction of sp³-hybridized carbons (Fsp3) is 0.190. The van der Waals surface area contributed by atoms with Crippen molar-refractivity contribution < 1.29 is 9.59 Å². The fourth-order valence-electron chi connectivity index (χ4n) is 2.63. The molecule has 0 saturated carbocycles. The van der Waals surface area contributed by atoms with Crippen LogP contribution in [0.5, 0.6) is 0 Å². The summed E-state index contributed by atoms with van der Waals surface area (Å²) >= 11 is 0. The molecule has 1 aromatic heterocycles. The van der Waals surface area contributed by atoms with Crippen molar-refractivity contribution in [1.29, 1.82) is 0 Å². The Bertz CT molecular complexity index is 859. The quantitative estimate of drug-likeness (QED) is 0.605. The molecule has 0 aliphatic carbocycles. The Labute approximate surface area is 158 Å². The minimum absolute atomic E-state index is 0.0968. The van der Waals surface area contributed by atoms with Crippen LogP contribution in [0.1, 0.15) is 32.7 Å². The number of nitrogens with one attached hydrogen (secondary N) is 2. The highest BCUT2D eigenvalue weighted by molar-refractivity contribution is 5.94. The zero-order chi connectivity index (χ0) is 18.9. The van der Waals surface area contributed by atoms with Gasteiger partial charge in [-0.1, -0.05) is 30.3 Å². The molecule has 0 unspecified atom stereocenters. The highest BCUT2D eigenvalue weighted by atomic mass is 16.2. The number of imidazole rings is 1. The number of rotatable bonds is 8. The molecule has 0 spiro atoms. The Hall–Kier alpha value is -3.41. The molecule has 2 amide bonds. The van der Waals surface area contributed by atoms with Gasteiger partial charge in [-0.05, 0) is 36.2 Å². The van der Waals surface area contributed by atoms with E-state index in [1.165, 1.54) is 0 Å². The van der Waals surface area contributed by atoms with Crippen molar-refractivity contribution in [2.45, 2.75) is 19.5 Å². The summed E-state index contributed by atoms with van der Waals surface area (Å²) in [6.45, 7) is 1.84. The van der Waals surface area contributed by atoms with Crippen molar-refractivity contribution >= 4 is 11.8 Å². The number of hydrogen-bond donors (Lipinski definition) is 2. The second-order valence-electron chi connectivity index (χ2n) is 6.16. The monoisotopic (exact) mass is 362 g/mol. The Balaban J connectivity index is 1.42. The van der Waals surface area contributed by atoms with Crippen LogP contribution in [0.2, 0.25) is 0 Å². The average Bonchev–Trinajstić information content (AvgIpc) is 3.24. The number of nitrogens with zero attached hydrogens (tertiary/aromatic N) is 2. The first-order chi connectivity index (χ1) is 13.2. The van der Waals surface area contributed by atoms with Crippen molar-refractivity contribution in [3.05, 3.63) is 90.0 Å². The van der Waals surface area contributed by atoms with Crippen LogP contribution < -0.4 is 10.6 Å². The first-order valence-electron chi connectivity index (χ1n) is 8.88. The number of hydrogen-bond acceptors (Lipinski definition) is 3. The molecular formula is C21H22N4O2. The average molecular weight is 362 g/mol. The van der Waals surface area contributed by atoms with Gasteiger partial charge < -0.3 is 15.2 Å². The largest absolute Gasteiger partial charge is 0.352 e. The third-order valence-corrected chi connectivity index (χ3v) is 4.14. The number of benzene rings is 2. The number of aryl methyl sites for hydroxylation is 1. The predicted octanol–water partition coefficient (Wildman–Crippen LogP) is 2.63. The van der Waals surface area contributed by atoms with Crippen LogP contribution in [0.4, 0.5) is 0 Å². The molecule has 0 aliphatic rings. The molecule has 3 aromatic rings. The van der Waals surface area contributed by atoms with Crippen molar-refractivity contribution in [2.24, 2.45) is 0 Å². The van der Waals surface area contributed by atoms with E-state index in [2.05, 4.69) is 15.6 Å². The van der Waals surface area contributed by atoms with Gasteiger partial charge in [0.05, 0.1) is 6.33 Å². The summed E-state index contributed by atoms with van der Waals surface area (Å²) < 4.78 is 1.98. The van der Waals surface area contributed by atoms with Crippen LogP contribution in [0, 0.1) is 0 Å². The SMILES string of the molecule is O=C(NCCCn1ccnc1)c1ccc(CNC(=O)c2ccccc2)cc1. The lowest BCUT2D eigenvalue weighted by atomic mass is 10.1. The normalized spacial score (nSPS) is 10.4. The minimum Gasteiger partial charge on any atom is -0.352 e. The fourth-order valence-corrected chi connectivity index (χ4v) is 2.63. The molecule has 0 aliphatic heterocycles. The molecule has 0 saturated heterocycles. The highest BCUT2D eigenvalue weighted by Gasteiger charge is 2.06. The summed E-state index contributed by atoms with van der Waals surface area (Å²) in [5.41, 5.74) is 2.18. The van der Waals surface area contributed by atoms with Gasteiger partial charge in [0.15, 0.2) is 0 Å². The van der Waals surface area contributed by atoms with Crippen molar-refractivity contribution in [3.8, 4) is 0 Å². The standard InChI is InChI=1S/C21H22N4O2/c26-20(23-11-4-13-25-14-12-22-16-25)19-9-7-17(8-10-19)15-24-21(27)18-5-2-1-3-6-18/h1-3,5-10,12,14,16H,4,11,13,15H2,(H,23,26)(H,24,27). The van der Waals surface area contributed by atoms with E-state index in [0.717, 1.165) is 18.5 Å². The molecule has 0 radical (unpaired) electrons. The lowest BCUT2D eigenvalue weighted by Gasteiger charge is -2.08. The van der Waals surface area contributed by atoms with Crippen LogP contribution in [0.15, 0.2) is 73.3 Å². The number of aromatic nitrogens is 2. The maximum absolute atomic E-state index is 12.2. The first-order valence-corrected chi connectivity index (χ1v) is 8.88. The third kappa shape index (κ3) is 5.54. The van der Waals surface area contributed by atoms with Gasteiger partial charge in [-0.2, -0.15) is 0 Å². The summed E-state index contributed by atoms with van der Waals surface area (Å²) in [7, 11) is 0. The van der Waals surface area contributed by atoms with Crippen molar-refractivity contribution in [3.63, 3.8) is 0 Å². The zero-order valence-electron chi connectivity index (χ0n) is 15.0. The van der Waals surface area contributed by atoms with Crippen LogP contribution in [-0.2, 0) is 13.1 Å². The second-order valence-corrected chi connectivity index (χ2v) is 6.16. The minimum atomic E-state index is -0.115. The summed E-state index contributed by atoms with van der Waals surface area (Å²) in [5.74, 6) is -0.212. The summed E-state index contributed by atoms with van der Waals surface area (Å²) in [6.07, 6.45) is 6.24. The molecule has 27 heavy (non-hydrogen) atoms. The lowest BCUT2D eigenvalue weighted by molar-refractivity contribution is 0.0942. The molecular weight excluding hydrogens is 340 g/mol. The molecule has 0 bridgehead atoms. The second kappa shape index (κ2) is 9.33. The summed E-state index contributed by atoms with van der Waals surface area (Å²) in [4.78, 5) is 28.2. The van der Waals surface area contributed by atoms with Crippen molar-refractivity contribution in [1.82, 2.24) is 20.2 Å². The lowest BCUT2D eigenvalue weighted by Crippen LogP contribution is -2.25. The number of amides is 2. The molecule has 0 atom stereocenters. The first kappa shape index (κ1) is 18.4. The van der Waals surface area contributed by atoms with E-state index >= 15 is 0 Å². The Morgan fingerprint density at radius 3 is 2.30 bits per heavy atom. The van der Waals surface area contributed by atoms with Crippen LogP contribution in [-0.4, -0.2) is 27.9 Å². The van der Waals surface area contributed by atoms with Gasteiger partial charge in [0.25, 0.3) is 11.8 Å². The molecule has 1 heterocycles. The van der Waals surface area contributed by atoms with Crippen molar-refractivity contribution in [2.75, 3.05) is 6.54 Å². The van der Waals surface area contributed by atoms with E-state index in [0.29, 0.717) is 24.2 Å². The van der Waals surface area contributed by atoms with E-state index in [4.69, 9.17) is 0 Å². The van der Waals surface area contributed by atoms with Gasteiger partial charge in [0.2, 0.25) is 0 Å². The number of carbonyl (C=O) groups is 2. The van der Waals surface area contributed by atoms with Gasteiger partial charge in [-0.25, -0.2) is 4.98 Å². The molecule has 138 valence electrons. The van der Waals surface area contributed by atoms with Gasteiger partial charge in [0.1, 0.15) is 0 Å². The highest BCUT2D eigenvalue weighted by Crippen LogP contribution is 2.06. The maximum atomic E-state index is 12.2. The van der Waals surface area contributed by atoms with Gasteiger partial charge >= 0.3 is 0 Å². The summed E-state index contributed by atoms with van der Waals surface area (Å²) in [6, 6.07) is 16.3. The van der Waals surface area contributed by atoms with E-state index in [1.54, 1.807) is 36.8 Å². The van der Waals surface area contributed by atoms with Gasteiger partial charge in [-0.15, -0.1) is 0 Å². The Morgan fingerprint density at radius 2 is 1.59 bits per heavy atom. The molecule has 2 aromatic carbocycles. The summed E-state index contributed by atoms with van der Waals surface area (Å²) in [5, 5.41) is 5.78. The molecule has 6 nitrogen and oxygen atoms in total. The number of carbonyl (C=O) groups excluding carboxylic acids is 2. The predicted molar refractivity (Wildman–Crippen MR) is 103 cm³/mol. The third-order valence-electron chi connectivity index (χ3n) is 4.14. The maximum Gasteiger partial charge on any atom is 0.251 e. The molecule has 3 rings (SSSR count). The molecule has 2 N–H and O–H groups in total. The van der Waals surface area contributed by atoms with Gasteiger partial charge in [-0.3, -0.25) is 9.59 Å². The van der Waals surface area contributed by atoms with Gasteiger partial charge in [0, 0.05) is 43.2 Å². The van der Waals surface area contributed by atoms with E-state index < -0.39 is 0 Å². The molecule has 6 heteroatoms. The Morgan fingerprint density at radius 1 is 0.889 bits per heavy atom. The topological polar surface area (TPSA) is 76.0 Å². The van der Waals surface area contributed by atoms with E-state index in [9.17, 15) is 9.59 Å². The van der Waals surface area contributed by atoms with Crippen LogP contribution >= 0.6 is 0 Å². The Kier molecular flexibility index (Phi) is 6.35. The van der Waals surface area contributed by atoms with Crippen LogP contribution in [0.25, 0.3) is 0 Å².